The molecule has 0 saturated heterocycles. The molecule has 524 valence electrons. The average Bonchev–Trinajstić information content (AvgIpc) is 1.50. The maximum atomic E-state index is 3.20. The minimum Gasteiger partial charge on any atom is -0.0654 e. The van der Waals surface area contributed by atoms with Gasteiger partial charge in [0.15, 0.2) is 0 Å². The maximum Gasteiger partial charge on any atom is 0.0694 e. The lowest BCUT2D eigenvalue weighted by Crippen LogP contribution is -2.58. The Hall–Kier alpha value is -2.69. The van der Waals surface area contributed by atoms with Crippen molar-refractivity contribution >= 4 is 36.5 Å². The van der Waals surface area contributed by atoms with Gasteiger partial charge in [-0.25, -0.2) is 0 Å². The maximum absolute atomic E-state index is 3.20. The van der Waals surface area contributed by atoms with Gasteiger partial charge in [0, 0.05) is 0 Å². The van der Waals surface area contributed by atoms with Gasteiger partial charge in [0.05, 0.1) is 15.8 Å². The zero-order valence-corrected chi connectivity index (χ0v) is 67.0. The summed E-state index contributed by atoms with van der Waals surface area (Å²) in [5.74, 6) is 0. The molecule has 0 spiro atoms. The van der Waals surface area contributed by atoms with Crippen molar-refractivity contribution in [1.82, 2.24) is 0 Å². The molecule has 0 aromatic heterocycles. The van der Waals surface area contributed by atoms with Gasteiger partial charge in [0.2, 0.25) is 0 Å². The van der Waals surface area contributed by atoms with Gasteiger partial charge in [-0.2, -0.15) is 0 Å². The molecule has 0 fully saturated rings. The standard InChI is InChI=1S/C92H148Si2/c1-17-33-47-59-89(60-48-34-18-2)69-85(25-9,26-10)79-75(89)67-76-80(86(27-11,28-12)70-90(76,61-49-35-19-3)62-50-36-20-4)83(79)93(73-55-43-41-44-56-73)94(74-57-45-42-46-58-74)84-81-77(91(63-51-37-21-5,64-52-38-22-6)71-87(81,29-13)30-14)68-78-82(84)88(31-15,32-16)72-92(78,65-53-39-23-7)66-54-40-24-8/h41-46,55-58,67-68H,17-40,47-54,59-66,69-72H2,1-16H3/b94-93+. The van der Waals surface area contributed by atoms with Crippen molar-refractivity contribution in [1.29, 1.82) is 0 Å². The van der Waals surface area contributed by atoms with Gasteiger partial charge in [-0.3, -0.25) is 0 Å². The van der Waals surface area contributed by atoms with Crippen molar-refractivity contribution < 1.29 is 0 Å². The summed E-state index contributed by atoms with van der Waals surface area (Å²) in [4.78, 5) is 0. The van der Waals surface area contributed by atoms with E-state index >= 15 is 0 Å². The van der Waals surface area contributed by atoms with Crippen LogP contribution in [-0.4, -0.2) is 15.8 Å². The van der Waals surface area contributed by atoms with Crippen LogP contribution < -0.4 is 20.7 Å². The Morgan fingerprint density at radius 1 is 0.234 bits per heavy atom. The molecule has 0 unspecified atom stereocenters. The molecule has 0 saturated carbocycles. The van der Waals surface area contributed by atoms with Crippen molar-refractivity contribution in [3.63, 3.8) is 0 Å². The Kier molecular flexibility index (Phi) is 28.8. The van der Waals surface area contributed by atoms with E-state index < -0.39 is 15.8 Å². The smallest absolute Gasteiger partial charge is 0.0654 e. The number of fused-ring (bicyclic) bond motifs is 4. The molecule has 8 rings (SSSR count). The molecule has 4 aromatic rings. The summed E-state index contributed by atoms with van der Waals surface area (Å²) in [5, 5.41) is 7.59. The quantitative estimate of drug-likeness (QED) is 0.0306. The summed E-state index contributed by atoms with van der Waals surface area (Å²) < 4.78 is 0. The van der Waals surface area contributed by atoms with Crippen LogP contribution in [0.3, 0.4) is 0 Å². The van der Waals surface area contributed by atoms with E-state index in [2.05, 4.69) is 184 Å². The van der Waals surface area contributed by atoms with Crippen molar-refractivity contribution in [3.05, 3.63) is 117 Å². The van der Waals surface area contributed by atoms with Gasteiger partial charge < -0.3 is 0 Å². The predicted molar refractivity (Wildman–Crippen MR) is 423 cm³/mol. The second kappa shape index (κ2) is 35.1. The first-order valence-electron chi connectivity index (χ1n) is 42.0. The summed E-state index contributed by atoms with van der Waals surface area (Å²) >= 11 is 0. The SMILES string of the molecule is CCCCCC1(CCCCC)CC(CC)(CC)c2c1cc1c(c2/[Si](c2ccccc2)=[Si](\c2ccccc2)c2c3c(cc4c2C(CC)(CC)CC4(CCCCC)CCCCC)C(CCCCC)(CCCCC)CC3(CC)CC)C(CC)(CC)CC1(CCCCC)CCCCC. The molecule has 0 aliphatic heterocycles. The topological polar surface area (TPSA) is 0 Å². The van der Waals surface area contributed by atoms with E-state index in [-0.39, 0.29) is 43.3 Å². The van der Waals surface area contributed by atoms with Gasteiger partial charge in [0.1, 0.15) is 0 Å². The highest BCUT2D eigenvalue weighted by Gasteiger charge is 2.61. The summed E-state index contributed by atoms with van der Waals surface area (Å²) in [7, 11) is -3.39. The lowest BCUT2D eigenvalue weighted by Gasteiger charge is -2.39. The fraction of sp³-hybridized carbons (Fsp3) is 0.739. The minimum atomic E-state index is -1.70. The molecule has 0 nitrogen and oxygen atoms in total. The molecular formula is C92H148Si2. The summed E-state index contributed by atoms with van der Waals surface area (Å²) in [5.41, 5.74) is 16.9. The zero-order valence-electron chi connectivity index (χ0n) is 65.0. The number of unbranched alkanes of at least 4 members (excludes halogenated alkanes) is 16. The third-order valence-electron chi connectivity index (χ3n) is 28.1. The van der Waals surface area contributed by atoms with Crippen LogP contribution in [0.15, 0.2) is 72.8 Å². The third kappa shape index (κ3) is 14.8. The molecule has 0 amide bonds. The molecule has 0 heterocycles. The van der Waals surface area contributed by atoms with Gasteiger partial charge in [-0.1, -0.05) is 338 Å². The number of hydrogen-bond donors (Lipinski definition) is 0. The van der Waals surface area contributed by atoms with Crippen molar-refractivity contribution in [2.75, 3.05) is 0 Å². The van der Waals surface area contributed by atoms with Crippen molar-refractivity contribution in [2.45, 2.75) is 437 Å². The Bertz CT molecular complexity index is 2580. The van der Waals surface area contributed by atoms with E-state index in [1.807, 2.05) is 54.9 Å². The van der Waals surface area contributed by atoms with E-state index in [0.717, 1.165) is 0 Å². The minimum absolute atomic E-state index is 0.130. The zero-order chi connectivity index (χ0) is 67.7. The number of benzene rings is 4. The van der Waals surface area contributed by atoms with Crippen LogP contribution in [0.1, 0.15) is 438 Å². The van der Waals surface area contributed by atoms with Crippen LogP contribution in [0.2, 0.25) is 0 Å². The third-order valence-corrected chi connectivity index (χ3v) is 37.2. The molecule has 0 radical (unpaired) electrons. The molecule has 0 atom stereocenters. The molecular weight excluding hydrogens is 1160 g/mol. The monoisotopic (exact) mass is 1310 g/mol. The van der Waals surface area contributed by atoms with Crippen LogP contribution >= 0.6 is 0 Å². The van der Waals surface area contributed by atoms with Crippen LogP contribution in [0, 0.1) is 0 Å². The molecule has 4 aliphatic rings. The molecule has 94 heavy (non-hydrogen) atoms. The second-order valence-corrected chi connectivity index (χ2v) is 39.8. The summed E-state index contributed by atoms with van der Waals surface area (Å²) in [6, 6.07) is 32.6. The highest BCUT2D eigenvalue weighted by Crippen LogP contribution is 2.66. The van der Waals surface area contributed by atoms with E-state index in [0.29, 0.717) is 0 Å². The van der Waals surface area contributed by atoms with Crippen molar-refractivity contribution in [2.24, 2.45) is 0 Å². The molecule has 2 heteroatoms. The Morgan fingerprint density at radius 3 is 0.574 bits per heavy atom. The van der Waals surface area contributed by atoms with E-state index in [1.54, 1.807) is 10.4 Å². The normalized spacial score (nSPS) is 18.9. The molecule has 0 bridgehead atoms. The van der Waals surface area contributed by atoms with Gasteiger partial charge in [0.25, 0.3) is 0 Å². The highest BCUT2D eigenvalue weighted by atomic mass is 28.9. The first-order valence-corrected chi connectivity index (χ1v) is 46.0. The molecule has 0 N–H and O–H groups in total. The predicted octanol–water partition coefficient (Wildman–Crippen LogP) is 26.1. The first-order chi connectivity index (χ1) is 45.7. The Morgan fingerprint density at radius 2 is 0.415 bits per heavy atom. The van der Waals surface area contributed by atoms with Crippen LogP contribution in [-0.2, 0) is 43.3 Å². The number of rotatable bonds is 44. The molecule has 4 aliphatic carbocycles. The van der Waals surface area contributed by atoms with Gasteiger partial charge in [-0.15, -0.1) is 0 Å². The molecule has 4 aromatic carbocycles. The van der Waals surface area contributed by atoms with Gasteiger partial charge in [-0.05, 0) is 237 Å². The fourth-order valence-electron chi connectivity index (χ4n) is 22.5. The van der Waals surface area contributed by atoms with E-state index in [4.69, 9.17) is 0 Å². The van der Waals surface area contributed by atoms with E-state index in [9.17, 15) is 0 Å². The largest absolute Gasteiger partial charge is 0.0694 e. The summed E-state index contributed by atoms with van der Waals surface area (Å²) in [6.07, 6.45) is 58.6. The average molecular weight is 1310 g/mol. The van der Waals surface area contributed by atoms with Gasteiger partial charge >= 0.3 is 0 Å². The van der Waals surface area contributed by atoms with Crippen LogP contribution in [0.25, 0.3) is 0 Å². The fourth-order valence-corrected chi connectivity index (χ4v) is 33.5. The Labute approximate surface area is 586 Å². The highest BCUT2D eigenvalue weighted by molar-refractivity contribution is 7.19. The lowest BCUT2D eigenvalue weighted by atomic mass is 9.68. The first kappa shape index (κ1) is 77.1. The van der Waals surface area contributed by atoms with E-state index in [1.165, 1.54) is 283 Å². The lowest BCUT2D eigenvalue weighted by molar-refractivity contribution is 0.253. The van der Waals surface area contributed by atoms with Crippen molar-refractivity contribution in [3.8, 4) is 0 Å². The second-order valence-electron chi connectivity index (χ2n) is 33.1. The number of hydrogen-bond acceptors (Lipinski definition) is 0. The van der Waals surface area contributed by atoms with Crippen LogP contribution in [0.5, 0.6) is 0 Å². The summed E-state index contributed by atoms with van der Waals surface area (Å²) in [6.45, 7) is 41.5. The Balaban J connectivity index is 1.81. The van der Waals surface area contributed by atoms with Crippen LogP contribution in [0.4, 0.5) is 0 Å².